The fourth-order valence-corrected chi connectivity index (χ4v) is 1.03. The van der Waals surface area contributed by atoms with Gasteiger partial charge in [0, 0.05) is 6.08 Å². The molecule has 1 unspecified atom stereocenters. The lowest BCUT2D eigenvalue weighted by Crippen LogP contribution is -2.12. The molecule has 0 fully saturated rings. The lowest BCUT2D eigenvalue weighted by atomic mass is 10.0. The highest BCUT2D eigenvalue weighted by Gasteiger charge is 2.11. The molecular formula is C9H7O. The smallest absolute Gasteiger partial charge is 0.141 e. The third-order valence-electron chi connectivity index (χ3n) is 1.55. The maximum absolute atomic E-state index is 5.24. The summed E-state index contributed by atoms with van der Waals surface area (Å²) in [5.41, 5.74) is 1.17. The van der Waals surface area contributed by atoms with Crippen LogP contribution in [0.5, 0.6) is 0 Å². The Bertz CT molecular complexity index is 243. The molecule has 1 heterocycles. The summed E-state index contributed by atoms with van der Waals surface area (Å²) in [5, 5.41) is 0. The van der Waals surface area contributed by atoms with Crippen molar-refractivity contribution in [2.24, 2.45) is 0 Å². The van der Waals surface area contributed by atoms with Crippen LogP contribution in [0.3, 0.4) is 0 Å². The zero-order chi connectivity index (χ0) is 6.81. The van der Waals surface area contributed by atoms with E-state index in [-0.39, 0.29) is 6.10 Å². The van der Waals surface area contributed by atoms with E-state index in [4.69, 9.17) is 4.74 Å². The average molecular weight is 131 g/mol. The van der Waals surface area contributed by atoms with Crippen LogP contribution < -0.4 is 0 Å². The minimum Gasteiger partial charge on any atom is -0.489 e. The highest BCUT2D eigenvalue weighted by molar-refractivity contribution is 5.37. The number of hydrogen-bond acceptors (Lipinski definition) is 1. The third-order valence-corrected chi connectivity index (χ3v) is 1.55. The van der Waals surface area contributed by atoms with E-state index in [2.05, 4.69) is 6.08 Å². The molecular weight excluding hydrogens is 124 g/mol. The van der Waals surface area contributed by atoms with Gasteiger partial charge >= 0.3 is 0 Å². The van der Waals surface area contributed by atoms with Crippen molar-refractivity contribution in [2.75, 3.05) is 0 Å². The summed E-state index contributed by atoms with van der Waals surface area (Å²) >= 11 is 0. The van der Waals surface area contributed by atoms with Crippen LogP contribution in [-0.4, -0.2) is 6.10 Å². The number of rotatable bonds is 0. The summed E-state index contributed by atoms with van der Waals surface area (Å²) < 4.78 is 5.24. The lowest BCUT2D eigenvalue weighted by Gasteiger charge is -2.18. The van der Waals surface area contributed by atoms with Crippen molar-refractivity contribution < 1.29 is 4.74 Å². The van der Waals surface area contributed by atoms with E-state index in [1.54, 1.807) is 6.26 Å². The summed E-state index contributed by atoms with van der Waals surface area (Å²) in [6.45, 7) is 0. The van der Waals surface area contributed by atoms with Gasteiger partial charge in [-0.3, -0.25) is 0 Å². The van der Waals surface area contributed by atoms with E-state index in [1.807, 2.05) is 30.4 Å². The van der Waals surface area contributed by atoms with E-state index in [0.717, 1.165) is 0 Å². The molecule has 10 heavy (non-hydrogen) atoms. The molecule has 1 aliphatic heterocycles. The first-order chi connectivity index (χ1) is 4.97. The molecule has 0 aromatic rings. The van der Waals surface area contributed by atoms with E-state index in [9.17, 15) is 0 Å². The van der Waals surface area contributed by atoms with Crippen molar-refractivity contribution in [1.82, 2.24) is 0 Å². The Morgan fingerprint density at radius 3 is 3.30 bits per heavy atom. The number of fused-ring (bicyclic) bond motifs is 1. The molecule has 1 radical (unpaired) electrons. The lowest BCUT2D eigenvalue weighted by molar-refractivity contribution is 0.214. The van der Waals surface area contributed by atoms with Gasteiger partial charge < -0.3 is 4.74 Å². The van der Waals surface area contributed by atoms with Crippen molar-refractivity contribution in [3.8, 4) is 0 Å². The standard InChI is InChI=1S/C9H7O/c1-2-6-9-8(4-1)5-3-7-10-9/h1-2,4-7,9H. The van der Waals surface area contributed by atoms with Gasteiger partial charge in [-0.1, -0.05) is 18.2 Å². The minimum absolute atomic E-state index is 0.131. The predicted octanol–water partition coefficient (Wildman–Crippen LogP) is 1.75. The molecule has 1 nitrogen and oxygen atoms in total. The first kappa shape index (κ1) is 5.54. The van der Waals surface area contributed by atoms with Gasteiger partial charge in [-0.2, -0.15) is 0 Å². The first-order valence-corrected chi connectivity index (χ1v) is 3.25. The van der Waals surface area contributed by atoms with E-state index < -0.39 is 0 Å². The van der Waals surface area contributed by atoms with Gasteiger partial charge in [0.1, 0.15) is 6.10 Å². The van der Waals surface area contributed by atoms with Gasteiger partial charge in [0.25, 0.3) is 0 Å². The normalized spacial score (nSPS) is 27.2. The Balaban J connectivity index is 2.34. The van der Waals surface area contributed by atoms with Crippen molar-refractivity contribution in [3.63, 3.8) is 0 Å². The zero-order valence-electron chi connectivity index (χ0n) is 5.45. The molecule has 49 valence electrons. The van der Waals surface area contributed by atoms with Crippen LogP contribution in [0, 0.1) is 6.08 Å². The molecule has 0 amide bonds. The topological polar surface area (TPSA) is 9.23 Å². The van der Waals surface area contributed by atoms with Crippen LogP contribution in [0.25, 0.3) is 0 Å². The van der Waals surface area contributed by atoms with Crippen molar-refractivity contribution >= 4 is 0 Å². The SMILES string of the molecule is [C]1=COC2C=CC=CC2=C1. The summed E-state index contributed by atoms with van der Waals surface area (Å²) in [6.07, 6.45) is 14.6. The van der Waals surface area contributed by atoms with E-state index >= 15 is 0 Å². The van der Waals surface area contributed by atoms with Crippen LogP contribution >= 0.6 is 0 Å². The summed E-state index contributed by atoms with van der Waals surface area (Å²) in [5.74, 6) is 0. The second kappa shape index (κ2) is 2.18. The molecule has 0 N–H and O–H groups in total. The van der Waals surface area contributed by atoms with Gasteiger partial charge in [0.05, 0.1) is 6.26 Å². The van der Waals surface area contributed by atoms with E-state index in [1.165, 1.54) is 5.57 Å². The number of allylic oxidation sites excluding steroid dienone is 4. The second-order valence-corrected chi connectivity index (χ2v) is 2.23. The number of hydrogen-bond donors (Lipinski definition) is 0. The molecule has 0 saturated carbocycles. The second-order valence-electron chi connectivity index (χ2n) is 2.23. The molecule has 0 aromatic heterocycles. The average Bonchev–Trinajstić information content (AvgIpc) is 2.05. The fraction of sp³-hybridized carbons (Fsp3) is 0.111. The Morgan fingerprint density at radius 1 is 1.40 bits per heavy atom. The molecule has 1 atom stereocenters. The molecule has 1 heteroatoms. The van der Waals surface area contributed by atoms with Crippen LogP contribution in [-0.2, 0) is 4.74 Å². The maximum atomic E-state index is 5.24. The van der Waals surface area contributed by atoms with Gasteiger partial charge in [0.2, 0.25) is 0 Å². The van der Waals surface area contributed by atoms with Gasteiger partial charge in [-0.25, -0.2) is 0 Å². The Morgan fingerprint density at radius 2 is 2.40 bits per heavy atom. The highest BCUT2D eigenvalue weighted by atomic mass is 16.5. The third kappa shape index (κ3) is 0.798. The molecule has 2 aliphatic rings. The van der Waals surface area contributed by atoms with Crippen LogP contribution in [0.4, 0.5) is 0 Å². The summed E-state index contributed by atoms with van der Waals surface area (Å²) in [7, 11) is 0. The van der Waals surface area contributed by atoms with Crippen molar-refractivity contribution in [1.29, 1.82) is 0 Å². The van der Waals surface area contributed by atoms with E-state index in [0.29, 0.717) is 0 Å². The van der Waals surface area contributed by atoms with Crippen LogP contribution in [0.1, 0.15) is 0 Å². The van der Waals surface area contributed by atoms with Gasteiger partial charge in [-0.05, 0) is 17.7 Å². The molecule has 0 saturated heterocycles. The van der Waals surface area contributed by atoms with Gasteiger partial charge in [0.15, 0.2) is 0 Å². The minimum atomic E-state index is 0.131. The highest BCUT2D eigenvalue weighted by Crippen LogP contribution is 2.17. The first-order valence-electron chi connectivity index (χ1n) is 3.25. The maximum Gasteiger partial charge on any atom is 0.141 e. The largest absolute Gasteiger partial charge is 0.489 e. The molecule has 1 aliphatic carbocycles. The number of ether oxygens (including phenoxy) is 1. The zero-order valence-corrected chi connectivity index (χ0v) is 5.45. The Hall–Kier alpha value is -1.24. The van der Waals surface area contributed by atoms with Crippen molar-refractivity contribution in [2.45, 2.75) is 6.10 Å². The van der Waals surface area contributed by atoms with Crippen molar-refractivity contribution in [3.05, 3.63) is 48.3 Å². The van der Waals surface area contributed by atoms with Crippen LogP contribution in [0.15, 0.2) is 42.2 Å². The Kier molecular flexibility index (Phi) is 1.21. The molecule has 0 aromatic carbocycles. The predicted molar refractivity (Wildman–Crippen MR) is 39.0 cm³/mol. The quantitative estimate of drug-likeness (QED) is 0.486. The Labute approximate surface area is 60.0 Å². The van der Waals surface area contributed by atoms with Gasteiger partial charge in [-0.15, -0.1) is 0 Å². The molecule has 2 rings (SSSR count). The summed E-state index contributed by atoms with van der Waals surface area (Å²) in [6, 6.07) is 0. The fourth-order valence-electron chi connectivity index (χ4n) is 1.03. The van der Waals surface area contributed by atoms with Crippen LogP contribution in [0.2, 0.25) is 0 Å². The molecule has 0 spiro atoms. The molecule has 0 bridgehead atoms. The monoisotopic (exact) mass is 131 g/mol. The summed E-state index contributed by atoms with van der Waals surface area (Å²) in [4.78, 5) is 0.